The maximum atomic E-state index is 16.1. The first-order chi connectivity index (χ1) is 20.6. The van der Waals surface area contributed by atoms with Crippen molar-refractivity contribution >= 4 is 28.6 Å². The molecule has 0 saturated carbocycles. The summed E-state index contributed by atoms with van der Waals surface area (Å²) in [5, 5.41) is 9.12. The summed E-state index contributed by atoms with van der Waals surface area (Å²) in [5.41, 5.74) is 10.8. The number of hydrogen-bond acceptors (Lipinski definition) is 8. The van der Waals surface area contributed by atoms with Gasteiger partial charge in [-0.1, -0.05) is 30.0 Å². The number of nitrogen functional groups attached to an aromatic ring is 2. The summed E-state index contributed by atoms with van der Waals surface area (Å²) in [6.07, 6.45) is 2.75. The summed E-state index contributed by atoms with van der Waals surface area (Å²) in [6, 6.07) is 12.3. The highest BCUT2D eigenvalue weighted by Gasteiger charge is 2.22. The third-order valence-corrected chi connectivity index (χ3v) is 6.62. The molecule has 0 saturated heterocycles. The average Bonchev–Trinajstić information content (AvgIpc) is 2.99. The molecule has 0 radical (unpaired) electrons. The van der Waals surface area contributed by atoms with Gasteiger partial charge in [0.2, 0.25) is 11.4 Å². The van der Waals surface area contributed by atoms with E-state index in [9.17, 15) is 14.7 Å². The van der Waals surface area contributed by atoms with E-state index < -0.39 is 39.5 Å². The molecule has 0 aliphatic heterocycles. The summed E-state index contributed by atoms with van der Waals surface area (Å²) in [4.78, 5) is 32.6. The molecule has 2 heterocycles. The van der Waals surface area contributed by atoms with E-state index in [4.69, 9.17) is 20.9 Å². The van der Waals surface area contributed by atoms with E-state index in [0.29, 0.717) is 22.6 Å². The Balaban J connectivity index is 1.71. The van der Waals surface area contributed by atoms with Crippen LogP contribution in [0.1, 0.15) is 32.6 Å². The SMILES string of the molecule is COc1cc(Cc2cnc(N)nc2N)cc(C#Cc2c(F)cc3c(=O)c(C(=O)O)cn(-c4ccccc4)c3c2F)c1OC. The zero-order chi connectivity index (χ0) is 30.8. The van der Waals surface area contributed by atoms with Crippen molar-refractivity contribution in [2.24, 2.45) is 0 Å². The van der Waals surface area contributed by atoms with Crippen LogP contribution >= 0.6 is 0 Å². The number of halogens is 2. The molecule has 10 nitrogen and oxygen atoms in total. The van der Waals surface area contributed by atoms with Crippen molar-refractivity contribution in [2.75, 3.05) is 25.7 Å². The molecule has 0 atom stereocenters. The van der Waals surface area contributed by atoms with E-state index in [2.05, 4.69) is 21.8 Å². The Kier molecular flexibility index (Phi) is 7.64. The molecule has 0 unspecified atom stereocenters. The van der Waals surface area contributed by atoms with Crippen molar-refractivity contribution in [1.82, 2.24) is 14.5 Å². The molecule has 3 aromatic carbocycles. The smallest absolute Gasteiger partial charge is 0.341 e. The lowest BCUT2D eigenvalue weighted by Gasteiger charge is -2.14. The number of carboxylic acids is 1. The van der Waals surface area contributed by atoms with Gasteiger partial charge in [-0.05, 0) is 35.9 Å². The number of nitrogens with two attached hydrogens (primary N) is 2. The molecule has 5 rings (SSSR count). The van der Waals surface area contributed by atoms with Crippen LogP contribution in [0.4, 0.5) is 20.5 Å². The third-order valence-electron chi connectivity index (χ3n) is 6.62. The quantitative estimate of drug-likeness (QED) is 0.252. The molecular weight excluding hydrogens is 560 g/mol. The van der Waals surface area contributed by atoms with Gasteiger partial charge in [0.15, 0.2) is 17.3 Å². The number of anilines is 2. The van der Waals surface area contributed by atoms with Crippen LogP contribution in [-0.2, 0) is 6.42 Å². The van der Waals surface area contributed by atoms with Crippen molar-refractivity contribution < 1.29 is 28.2 Å². The molecule has 5 aromatic rings. The number of carboxylic acid groups (broad SMARTS) is 1. The first-order valence-electron chi connectivity index (χ1n) is 12.6. The zero-order valence-corrected chi connectivity index (χ0v) is 22.8. The maximum Gasteiger partial charge on any atom is 0.341 e. The summed E-state index contributed by atoms with van der Waals surface area (Å²) in [6.45, 7) is 0. The highest BCUT2D eigenvalue weighted by molar-refractivity contribution is 5.94. The van der Waals surface area contributed by atoms with E-state index in [-0.39, 0.29) is 35.0 Å². The molecule has 0 aliphatic carbocycles. The van der Waals surface area contributed by atoms with Gasteiger partial charge in [-0.15, -0.1) is 0 Å². The van der Waals surface area contributed by atoms with Crippen LogP contribution in [0.2, 0.25) is 0 Å². The second-order valence-electron chi connectivity index (χ2n) is 9.27. The first-order valence-corrected chi connectivity index (χ1v) is 12.6. The molecule has 0 fully saturated rings. The fourth-order valence-electron chi connectivity index (χ4n) is 4.61. The first kappa shape index (κ1) is 28.6. The molecule has 2 aromatic heterocycles. The number of benzene rings is 3. The molecule has 0 amide bonds. The van der Waals surface area contributed by atoms with Gasteiger partial charge in [-0.3, -0.25) is 4.79 Å². The van der Waals surface area contributed by atoms with Crippen LogP contribution in [0.25, 0.3) is 16.6 Å². The summed E-state index contributed by atoms with van der Waals surface area (Å²) < 4.78 is 43.6. The fraction of sp³-hybridized carbons (Fsp3) is 0.0968. The Morgan fingerprint density at radius 1 is 1.07 bits per heavy atom. The van der Waals surface area contributed by atoms with E-state index in [1.807, 2.05) is 0 Å². The molecule has 0 bridgehead atoms. The fourth-order valence-corrected chi connectivity index (χ4v) is 4.61. The molecule has 5 N–H and O–H groups in total. The van der Waals surface area contributed by atoms with Crippen molar-refractivity contribution in [1.29, 1.82) is 0 Å². The Morgan fingerprint density at radius 2 is 1.81 bits per heavy atom. The number of rotatable bonds is 6. The second-order valence-corrected chi connectivity index (χ2v) is 9.27. The standard InChI is InChI=1S/C31H23F2N5O5/c1-42-24-12-16(11-18-14-36-31(35)37-29(18)34)10-17(28(24)43-2)8-9-20-23(32)13-21-26(25(20)33)38(19-6-4-3-5-7-19)15-22(27(21)39)30(40)41/h3-7,10,12-15H,11H2,1-2H3,(H,40,41)(H4,34,35,36,37). The van der Waals surface area contributed by atoms with E-state index in [0.717, 1.165) is 12.3 Å². The van der Waals surface area contributed by atoms with Gasteiger partial charge in [0, 0.05) is 30.1 Å². The minimum Gasteiger partial charge on any atom is -0.493 e. The monoisotopic (exact) mass is 583 g/mol. The number of nitrogens with zero attached hydrogens (tertiary/aromatic N) is 3. The summed E-state index contributed by atoms with van der Waals surface area (Å²) in [5.74, 6) is 2.19. The number of aromatic carboxylic acids is 1. The van der Waals surface area contributed by atoms with Crippen molar-refractivity contribution in [3.05, 3.63) is 111 Å². The number of carbonyl (C=O) groups is 1. The van der Waals surface area contributed by atoms with Gasteiger partial charge in [0.1, 0.15) is 17.2 Å². The van der Waals surface area contributed by atoms with Crippen molar-refractivity contribution in [3.8, 4) is 29.0 Å². The topological polar surface area (TPSA) is 156 Å². The van der Waals surface area contributed by atoms with E-state index in [1.54, 1.807) is 42.5 Å². The van der Waals surface area contributed by atoms with Gasteiger partial charge in [-0.25, -0.2) is 18.6 Å². The Hall–Kier alpha value is -5.96. The number of pyridine rings is 1. The molecule has 12 heteroatoms. The largest absolute Gasteiger partial charge is 0.493 e. The summed E-state index contributed by atoms with van der Waals surface area (Å²) >= 11 is 0. The normalized spacial score (nSPS) is 10.7. The number of ether oxygens (including phenoxy) is 2. The Morgan fingerprint density at radius 3 is 2.47 bits per heavy atom. The number of methoxy groups -OCH3 is 2. The molecular formula is C31H23F2N5O5. The highest BCUT2D eigenvalue weighted by Crippen LogP contribution is 2.34. The van der Waals surface area contributed by atoms with Gasteiger partial charge in [-0.2, -0.15) is 4.98 Å². The van der Waals surface area contributed by atoms with Gasteiger partial charge in [0.05, 0.1) is 36.2 Å². The number of hydrogen-bond donors (Lipinski definition) is 3. The lowest BCUT2D eigenvalue weighted by atomic mass is 10.0. The number of para-hydroxylation sites is 1. The van der Waals surface area contributed by atoms with Gasteiger partial charge >= 0.3 is 5.97 Å². The summed E-state index contributed by atoms with van der Waals surface area (Å²) in [7, 11) is 2.82. The number of aromatic nitrogens is 3. The lowest BCUT2D eigenvalue weighted by Crippen LogP contribution is -2.19. The van der Waals surface area contributed by atoms with E-state index >= 15 is 8.78 Å². The second kappa shape index (κ2) is 11.5. The predicted octanol–water partition coefficient (Wildman–Crippen LogP) is 3.93. The van der Waals surface area contributed by atoms with Gasteiger partial charge < -0.3 is 30.6 Å². The predicted molar refractivity (Wildman–Crippen MR) is 156 cm³/mol. The third kappa shape index (κ3) is 5.39. The number of fused-ring (bicyclic) bond motifs is 1. The van der Waals surface area contributed by atoms with Crippen LogP contribution in [0, 0.1) is 23.5 Å². The van der Waals surface area contributed by atoms with Crippen LogP contribution < -0.4 is 26.4 Å². The molecule has 0 spiro atoms. The zero-order valence-electron chi connectivity index (χ0n) is 22.8. The van der Waals surface area contributed by atoms with E-state index in [1.165, 1.54) is 25.0 Å². The Labute approximate surface area is 243 Å². The van der Waals surface area contributed by atoms with Crippen LogP contribution in [0.5, 0.6) is 11.5 Å². The van der Waals surface area contributed by atoms with Crippen LogP contribution in [0.3, 0.4) is 0 Å². The van der Waals surface area contributed by atoms with Crippen LogP contribution in [0.15, 0.2) is 65.7 Å². The van der Waals surface area contributed by atoms with Crippen molar-refractivity contribution in [2.45, 2.75) is 6.42 Å². The van der Waals surface area contributed by atoms with Gasteiger partial charge in [0.25, 0.3) is 0 Å². The maximum absolute atomic E-state index is 16.1. The molecule has 43 heavy (non-hydrogen) atoms. The Bertz CT molecular complexity index is 2040. The average molecular weight is 584 g/mol. The molecule has 216 valence electrons. The van der Waals surface area contributed by atoms with Crippen molar-refractivity contribution in [3.63, 3.8) is 0 Å². The van der Waals surface area contributed by atoms with Crippen LogP contribution in [-0.4, -0.2) is 39.8 Å². The minimum absolute atomic E-state index is 0.0245. The lowest BCUT2D eigenvalue weighted by molar-refractivity contribution is 0.0695. The molecule has 0 aliphatic rings. The minimum atomic E-state index is -1.53. The highest BCUT2D eigenvalue weighted by atomic mass is 19.1.